The van der Waals surface area contributed by atoms with Crippen molar-refractivity contribution in [2.24, 2.45) is 5.73 Å². The number of nitrogens with zero attached hydrogens (tertiary/aromatic N) is 1. The Bertz CT molecular complexity index is 625. The van der Waals surface area contributed by atoms with E-state index in [-0.39, 0.29) is 6.04 Å². The van der Waals surface area contributed by atoms with E-state index in [0.717, 1.165) is 4.90 Å². The minimum atomic E-state index is -0.607. The fraction of sp³-hybridized carbons (Fsp3) is 0.556. The molecule has 2 amide bonds. The van der Waals surface area contributed by atoms with Crippen LogP contribution in [0.2, 0.25) is 0 Å². The zero-order valence-corrected chi connectivity index (χ0v) is 15.9. The molecule has 0 radical (unpaired) electrons. The van der Waals surface area contributed by atoms with Gasteiger partial charge in [0.2, 0.25) is 0 Å². The van der Waals surface area contributed by atoms with E-state index in [4.69, 9.17) is 5.73 Å². The third-order valence-corrected chi connectivity index (χ3v) is 5.18. The van der Waals surface area contributed by atoms with Crippen molar-refractivity contribution < 1.29 is 9.59 Å². The Morgan fingerprint density at radius 1 is 1.21 bits per heavy atom. The lowest BCUT2D eigenvalue weighted by atomic mass is 9.77. The molecule has 2 rings (SSSR count). The summed E-state index contributed by atoms with van der Waals surface area (Å²) in [5, 5.41) is 2.73. The Morgan fingerprint density at radius 3 is 2.33 bits per heavy atom. The Balaban J connectivity index is 2.21. The lowest BCUT2D eigenvalue weighted by Crippen LogP contribution is -2.66. The first-order valence-corrected chi connectivity index (χ1v) is 9.34. The first-order chi connectivity index (χ1) is 11.1. The summed E-state index contributed by atoms with van der Waals surface area (Å²) in [5.41, 5.74) is 5.85. The molecule has 132 valence electrons. The number of piperidine rings is 1. The second-order valence-corrected chi connectivity index (χ2v) is 8.50. The van der Waals surface area contributed by atoms with Crippen molar-refractivity contribution in [3.8, 4) is 0 Å². The molecule has 0 unspecified atom stereocenters. The van der Waals surface area contributed by atoms with Gasteiger partial charge in [0.25, 0.3) is 0 Å². The Kier molecular flexibility index (Phi) is 5.30. The second kappa shape index (κ2) is 6.76. The SMILES string of the molecule is CSc1cccc(NC(=O)C(=O)N2C(C)(C)CC(N)CC2(C)C)c1. The number of rotatable bonds is 2. The van der Waals surface area contributed by atoms with E-state index in [0.29, 0.717) is 18.5 Å². The smallest absolute Gasteiger partial charge is 0.313 e. The van der Waals surface area contributed by atoms with Crippen molar-refractivity contribution in [3.05, 3.63) is 24.3 Å². The van der Waals surface area contributed by atoms with Crippen LogP contribution in [0.1, 0.15) is 40.5 Å². The lowest BCUT2D eigenvalue weighted by Gasteiger charge is -2.54. The summed E-state index contributed by atoms with van der Waals surface area (Å²) < 4.78 is 0. The normalized spacial score (nSPS) is 19.8. The highest BCUT2D eigenvalue weighted by molar-refractivity contribution is 7.98. The largest absolute Gasteiger partial charge is 0.328 e. The van der Waals surface area contributed by atoms with Gasteiger partial charge in [-0.05, 0) is 65.0 Å². The zero-order chi connectivity index (χ0) is 18.1. The summed E-state index contributed by atoms with van der Waals surface area (Å²) in [4.78, 5) is 28.1. The van der Waals surface area contributed by atoms with E-state index >= 15 is 0 Å². The summed E-state index contributed by atoms with van der Waals surface area (Å²) in [6.45, 7) is 7.86. The van der Waals surface area contributed by atoms with Gasteiger partial charge in [-0.25, -0.2) is 0 Å². The van der Waals surface area contributed by atoms with Crippen LogP contribution >= 0.6 is 11.8 Å². The molecule has 24 heavy (non-hydrogen) atoms. The molecule has 6 heteroatoms. The molecule has 3 N–H and O–H groups in total. The first-order valence-electron chi connectivity index (χ1n) is 8.12. The number of carbonyl (C=O) groups is 2. The second-order valence-electron chi connectivity index (χ2n) is 7.62. The van der Waals surface area contributed by atoms with Gasteiger partial charge in [-0.15, -0.1) is 11.8 Å². The van der Waals surface area contributed by atoms with Gasteiger partial charge in [-0.2, -0.15) is 0 Å². The quantitative estimate of drug-likeness (QED) is 0.636. The molecule has 0 aliphatic carbocycles. The number of hydrogen-bond donors (Lipinski definition) is 2. The van der Waals surface area contributed by atoms with Gasteiger partial charge < -0.3 is 16.0 Å². The zero-order valence-electron chi connectivity index (χ0n) is 15.1. The van der Waals surface area contributed by atoms with E-state index in [9.17, 15) is 9.59 Å². The van der Waals surface area contributed by atoms with Crippen LogP contribution in [-0.2, 0) is 9.59 Å². The van der Waals surface area contributed by atoms with Crippen molar-refractivity contribution in [2.75, 3.05) is 11.6 Å². The lowest BCUT2D eigenvalue weighted by molar-refractivity contribution is -0.156. The number of nitrogens with one attached hydrogen (secondary N) is 1. The molecule has 1 saturated heterocycles. The monoisotopic (exact) mass is 349 g/mol. The third-order valence-electron chi connectivity index (χ3n) is 4.46. The van der Waals surface area contributed by atoms with E-state index in [1.807, 2.05) is 52.1 Å². The van der Waals surface area contributed by atoms with Crippen LogP contribution < -0.4 is 11.1 Å². The molecule has 1 aliphatic heterocycles. The van der Waals surface area contributed by atoms with Crippen LogP contribution in [0.25, 0.3) is 0 Å². The van der Waals surface area contributed by atoms with Crippen LogP contribution in [0.4, 0.5) is 5.69 Å². The molecule has 0 atom stereocenters. The summed E-state index contributed by atoms with van der Waals surface area (Å²) in [7, 11) is 0. The molecule has 0 spiro atoms. The predicted octanol–water partition coefficient (Wildman–Crippen LogP) is 2.85. The highest BCUT2D eigenvalue weighted by atomic mass is 32.2. The van der Waals surface area contributed by atoms with Crippen molar-refractivity contribution in [3.63, 3.8) is 0 Å². The topological polar surface area (TPSA) is 75.4 Å². The molecule has 1 heterocycles. The third kappa shape index (κ3) is 3.92. The van der Waals surface area contributed by atoms with Gasteiger partial charge >= 0.3 is 11.8 Å². The predicted molar refractivity (Wildman–Crippen MR) is 99.1 cm³/mol. The van der Waals surface area contributed by atoms with E-state index in [1.54, 1.807) is 22.7 Å². The van der Waals surface area contributed by atoms with E-state index in [2.05, 4.69) is 5.32 Å². The number of nitrogens with two attached hydrogens (primary N) is 1. The van der Waals surface area contributed by atoms with Crippen LogP contribution in [0, 0.1) is 0 Å². The van der Waals surface area contributed by atoms with Gasteiger partial charge in [-0.1, -0.05) is 6.07 Å². The maximum absolute atomic E-state index is 12.9. The molecule has 1 aromatic carbocycles. The summed E-state index contributed by atoms with van der Waals surface area (Å²) in [6, 6.07) is 7.49. The van der Waals surface area contributed by atoms with E-state index in [1.165, 1.54) is 0 Å². The highest BCUT2D eigenvalue weighted by Gasteiger charge is 2.48. The standard InChI is InChI=1S/C18H27N3O2S/c1-17(2)10-12(19)11-18(3,4)21(17)16(23)15(22)20-13-7-6-8-14(9-13)24-5/h6-9,12H,10-11,19H2,1-5H3,(H,20,22). The van der Waals surface area contributed by atoms with Gasteiger partial charge in [-0.3, -0.25) is 9.59 Å². The van der Waals surface area contributed by atoms with Crippen molar-refractivity contribution in [2.45, 2.75) is 62.6 Å². The summed E-state index contributed by atoms with van der Waals surface area (Å²) in [5.74, 6) is -1.11. The molecule has 0 saturated carbocycles. The Hall–Kier alpha value is -1.53. The first kappa shape index (κ1) is 18.8. The number of thioether (sulfide) groups is 1. The maximum Gasteiger partial charge on any atom is 0.313 e. The summed E-state index contributed by atoms with van der Waals surface area (Å²) >= 11 is 1.59. The molecule has 1 fully saturated rings. The molecule has 5 nitrogen and oxygen atoms in total. The number of amides is 2. The number of anilines is 1. The molecule has 0 bridgehead atoms. The minimum absolute atomic E-state index is 0.0281. The Morgan fingerprint density at radius 2 is 1.79 bits per heavy atom. The summed E-state index contributed by atoms with van der Waals surface area (Å²) in [6.07, 6.45) is 3.32. The number of benzene rings is 1. The van der Waals surface area contributed by atoms with Gasteiger partial charge in [0.15, 0.2) is 0 Å². The molecule has 0 aromatic heterocycles. The molecule has 1 aliphatic rings. The number of carbonyl (C=O) groups excluding carboxylic acids is 2. The van der Waals surface area contributed by atoms with Crippen LogP contribution in [0.3, 0.4) is 0 Å². The molecular formula is C18H27N3O2S. The fourth-order valence-corrected chi connectivity index (χ4v) is 4.35. The number of hydrogen-bond acceptors (Lipinski definition) is 4. The van der Waals surface area contributed by atoms with Crippen molar-refractivity contribution in [1.29, 1.82) is 0 Å². The average molecular weight is 350 g/mol. The molecule has 1 aromatic rings. The van der Waals surface area contributed by atoms with Gasteiger partial charge in [0.1, 0.15) is 0 Å². The Labute approximate surface area is 148 Å². The maximum atomic E-state index is 12.9. The highest BCUT2D eigenvalue weighted by Crippen LogP contribution is 2.37. The average Bonchev–Trinajstić information content (AvgIpc) is 2.44. The minimum Gasteiger partial charge on any atom is -0.328 e. The van der Waals surface area contributed by atoms with Gasteiger partial charge in [0.05, 0.1) is 0 Å². The van der Waals surface area contributed by atoms with Crippen LogP contribution in [0.15, 0.2) is 29.2 Å². The van der Waals surface area contributed by atoms with Crippen molar-refractivity contribution in [1.82, 2.24) is 4.90 Å². The fourth-order valence-electron chi connectivity index (χ4n) is 3.89. The van der Waals surface area contributed by atoms with Crippen molar-refractivity contribution >= 4 is 29.3 Å². The van der Waals surface area contributed by atoms with Crippen LogP contribution in [-0.4, -0.2) is 40.1 Å². The number of likely N-dealkylation sites (tertiary alicyclic amines) is 1. The van der Waals surface area contributed by atoms with Gasteiger partial charge in [0, 0.05) is 27.7 Å². The van der Waals surface area contributed by atoms with E-state index < -0.39 is 22.9 Å². The van der Waals surface area contributed by atoms with Crippen LogP contribution in [0.5, 0.6) is 0 Å². The molecular weight excluding hydrogens is 322 g/mol.